The summed E-state index contributed by atoms with van der Waals surface area (Å²) in [4.78, 5) is 4.68. The molecule has 0 spiro atoms. The summed E-state index contributed by atoms with van der Waals surface area (Å²) in [5, 5.41) is 11.2. The Bertz CT molecular complexity index is 4000. The van der Waals surface area contributed by atoms with Gasteiger partial charge in [-0.15, -0.1) is 0 Å². The number of fused-ring (bicyclic) bond motifs is 9. The molecule has 0 saturated carbocycles. The molecule has 0 unspecified atom stereocenters. The molecule has 0 aliphatic carbocycles. The van der Waals surface area contributed by atoms with E-state index < -0.39 is 0 Å². The molecule has 0 atom stereocenters. The second-order valence-electron chi connectivity index (χ2n) is 18.1. The lowest BCUT2D eigenvalue weighted by molar-refractivity contribution is 0.668. The van der Waals surface area contributed by atoms with E-state index in [4.69, 9.17) is 8.83 Å². The van der Waals surface area contributed by atoms with Gasteiger partial charge in [-0.2, -0.15) is 0 Å². The molecule has 0 saturated heterocycles. The van der Waals surface area contributed by atoms with E-state index in [1.807, 2.05) is 0 Å². The van der Waals surface area contributed by atoms with Crippen LogP contribution in [0.5, 0.6) is 0 Å². The van der Waals surface area contributed by atoms with Crippen molar-refractivity contribution in [3.8, 4) is 22.3 Å². The second-order valence-corrected chi connectivity index (χ2v) is 18.1. The molecule has 0 bridgehead atoms. The Labute approximate surface area is 404 Å². The van der Waals surface area contributed by atoms with Crippen LogP contribution in [0.2, 0.25) is 0 Å². The lowest BCUT2D eigenvalue weighted by Gasteiger charge is -2.27. The molecule has 0 N–H and O–H groups in total. The molecule has 0 aliphatic rings. The van der Waals surface area contributed by atoms with Crippen LogP contribution >= 0.6 is 0 Å². The van der Waals surface area contributed by atoms with Gasteiger partial charge in [0.2, 0.25) is 0 Å². The van der Waals surface area contributed by atoms with Crippen molar-refractivity contribution in [2.75, 3.05) is 9.80 Å². The fourth-order valence-corrected chi connectivity index (χ4v) is 10.6. The third kappa shape index (κ3) is 6.69. The van der Waals surface area contributed by atoms with Gasteiger partial charge in [0, 0.05) is 67.2 Å². The first-order valence-electron chi connectivity index (χ1n) is 23.8. The second kappa shape index (κ2) is 16.2. The van der Waals surface area contributed by atoms with Crippen LogP contribution in [0.15, 0.2) is 264 Å². The zero-order chi connectivity index (χ0) is 46.1. The average Bonchev–Trinajstić information content (AvgIpc) is 3.97. The molecule has 2 heterocycles. The van der Waals surface area contributed by atoms with Crippen molar-refractivity contribution in [1.82, 2.24) is 0 Å². The van der Waals surface area contributed by atoms with Gasteiger partial charge in [-0.3, -0.25) is 0 Å². The molecule has 70 heavy (non-hydrogen) atoms. The third-order valence-corrected chi connectivity index (χ3v) is 14.0. The molecular formula is C66H42N2O2. The van der Waals surface area contributed by atoms with Gasteiger partial charge in [0.05, 0.1) is 11.4 Å². The molecule has 4 heteroatoms. The van der Waals surface area contributed by atoms with Crippen LogP contribution in [0.3, 0.4) is 0 Å². The number of rotatable bonds is 8. The number of nitrogens with zero attached hydrogens (tertiary/aromatic N) is 2. The van der Waals surface area contributed by atoms with E-state index in [0.29, 0.717) is 0 Å². The number of anilines is 6. The third-order valence-electron chi connectivity index (χ3n) is 14.0. The molecule has 14 rings (SSSR count). The Kier molecular flexibility index (Phi) is 9.17. The van der Waals surface area contributed by atoms with E-state index in [-0.39, 0.29) is 0 Å². The van der Waals surface area contributed by atoms with Gasteiger partial charge < -0.3 is 18.6 Å². The normalized spacial score (nSPS) is 11.7. The Hall–Kier alpha value is -9.38. The van der Waals surface area contributed by atoms with Crippen molar-refractivity contribution < 1.29 is 8.83 Å². The number of furan rings is 2. The Balaban J connectivity index is 0.859. The highest BCUT2D eigenvalue weighted by atomic mass is 16.3. The molecule has 4 nitrogen and oxygen atoms in total. The largest absolute Gasteiger partial charge is 0.456 e. The highest BCUT2D eigenvalue weighted by molar-refractivity contribution is 6.16. The van der Waals surface area contributed by atoms with Gasteiger partial charge in [0.25, 0.3) is 0 Å². The summed E-state index contributed by atoms with van der Waals surface area (Å²) < 4.78 is 13.6. The summed E-state index contributed by atoms with van der Waals surface area (Å²) in [6.45, 7) is 0. The van der Waals surface area contributed by atoms with Crippen LogP contribution in [0.25, 0.3) is 98.4 Å². The predicted molar refractivity (Wildman–Crippen MR) is 294 cm³/mol. The molecule has 12 aromatic carbocycles. The summed E-state index contributed by atoms with van der Waals surface area (Å²) in [6.07, 6.45) is 0. The summed E-state index contributed by atoms with van der Waals surface area (Å²) >= 11 is 0. The predicted octanol–water partition coefficient (Wildman–Crippen LogP) is 19.2. The molecule has 328 valence electrons. The first-order valence-corrected chi connectivity index (χ1v) is 23.8. The van der Waals surface area contributed by atoms with Crippen molar-refractivity contribution in [3.63, 3.8) is 0 Å². The molecule has 0 radical (unpaired) electrons. The van der Waals surface area contributed by atoms with E-state index in [0.717, 1.165) is 88.8 Å². The minimum atomic E-state index is 0.834. The first kappa shape index (κ1) is 39.8. The van der Waals surface area contributed by atoms with E-state index in [2.05, 4.69) is 265 Å². The maximum absolute atomic E-state index is 6.80. The van der Waals surface area contributed by atoms with Gasteiger partial charge in [0.15, 0.2) is 0 Å². The van der Waals surface area contributed by atoms with Crippen molar-refractivity contribution in [2.24, 2.45) is 0 Å². The average molecular weight is 895 g/mol. The van der Waals surface area contributed by atoms with Gasteiger partial charge in [-0.25, -0.2) is 0 Å². The van der Waals surface area contributed by atoms with Crippen LogP contribution in [0.1, 0.15) is 0 Å². The monoisotopic (exact) mass is 894 g/mol. The Morgan fingerprint density at radius 3 is 1.01 bits per heavy atom. The zero-order valence-electron chi connectivity index (χ0n) is 38.0. The van der Waals surface area contributed by atoms with Crippen LogP contribution in [-0.2, 0) is 0 Å². The maximum Gasteiger partial charge on any atom is 0.137 e. The van der Waals surface area contributed by atoms with Gasteiger partial charge in [0.1, 0.15) is 22.3 Å². The SMILES string of the molecule is c1ccc(-c2ccc(N(c3ccc4c(c3)oc3cc5cc6c(cc5cc34)oc3cc(N(c4ccc(-c5ccccc5)cc4)c4cccc5ccccc45)ccc36)c3cccc4ccccc34)cc2)cc1. The van der Waals surface area contributed by atoms with E-state index in [9.17, 15) is 0 Å². The van der Waals surface area contributed by atoms with Crippen LogP contribution in [-0.4, -0.2) is 0 Å². The summed E-state index contributed by atoms with van der Waals surface area (Å²) in [5.41, 5.74) is 14.5. The molecule has 0 aliphatic heterocycles. The van der Waals surface area contributed by atoms with Crippen molar-refractivity contribution in [1.29, 1.82) is 0 Å². The summed E-state index contributed by atoms with van der Waals surface area (Å²) in [5.74, 6) is 0. The van der Waals surface area contributed by atoms with E-state index in [1.165, 1.54) is 43.8 Å². The fourth-order valence-electron chi connectivity index (χ4n) is 10.6. The van der Waals surface area contributed by atoms with Crippen molar-refractivity contribution in [3.05, 3.63) is 255 Å². The van der Waals surface area contributed by atoms with Gasteiger partial charge >= 0.3 is 0 Å². The minimum absolute atomic E-state index is 0.834. The summed E-state index contributed by atoms with van der Waals surface area (Å²) in [7, 11) is 0. The van der Waals surface area contributed by atoms with E-state index >= 15 is 0 Å². The lowest BCUT2D eigenvalue weighted by Crippen LogP contribution is -2.10. The lowest BCUT2D eigenvalue weighted by atomic mass is 10.0. The maximum atomic E-state index is 6.80. The molecule has 0 fully saturated rings. The number of hydrogen-bond donors (Lipinski definition) is 0. The molecule has 0 amide bonds. The number of hydrogen-bond acceptors (Lipinski definition) is 4. The van der Waals surface area contributed by atoms with Crippen LogP contribution in [0.4, 0.5) is 34.1 Å². The van der Waals surface area contributed by atoms with Gasteiger partial charge in [-0.05, 0) is 129 Å². The first-order chi connectivity index (χ1) is 34.7. The fraction of sp³-hybridized carbons (Fsp3) is 0. The van der Waals surface area contributed by atoms with Crippen LogP contribution < -0.4 is 9.80 Å². The molecular weight excluding hydrogens is 853 g/mol. The Morgan fingerprint density at radius 1 is 0.214 bits per heavy atom. The summed E-state index contributed by atoms with van der Waals surface area (Å²) in [6, 6.07) is 91.0. The minimum Gasteiger partial charge on any atom is -0.456 e. The Morgan fingerprint density at radius 2 is 0.571 bits per heavy atom. The highest BCUT2D eigenvalue weighted by Gasteiger charge is 2.21. The van der Waals surface area contributed by atoms with E-state index in [1.54, 1.807) is 0 Å². The number of benzene rings is 12. The molecule has 2 aromatic heterocycles. The zero-order valence-corrected chi connectivity index (χ0v) is 38.0. The van der Waals surface area contributed by atoms with Crippen molar-refractivity contribution >= 4 is 110 Å². The smallest absolute Gasteiger partial charge is 0.137 e. The molecule has 14 aromatic rings. The quantitative estimate of drug-likeness (QED) is 0.152. The topological polar surface area (TPSA) is 32.8 Å². The van der Waals surface area contributed by atoms with Crippen LogP contribution in [0, 0.1) is 0 Å². The highest BCUT2D eigenvalue weighted by Crippen LogP contribution is 2.45. The standard InChI is InChI=1S/C66H42N2O2/c1-3-13-43(14-4-1)45-25-29-51(30-26-45)67(61-23-11-19-47-17-7-9-21-55(47)61)53-33-35-57-59-37-49-40-64-60(38-50(49)39-63(59)69-65(57)41-53)58-36-34-54(42-66(58)70-64)68(62-24-12-20-48-18-8-10-22-56(48)62)52-31-27-46(28-32-52)44-15-5-2-6-16-44/h1-42H. The van der Waals surface area contributed by atoms with Crippen molar-refractivity contribution in [2.45, 2.75) is 0 Å². The van der Waals surface area contributed by atoms with Gasteiger partial charge in [-0.1, -0.05) is 158 Å².